The molecular weight excluding hydrogens is 410 g/mol. The van der Waals surface area contributed by atoms with E-state index in [-0.39, 0.29) is 11.9 Å². The van der Waals surface area contributed by atoms with Crippen molar-refractivity contribution < 1.29 is 13.2 Å². The number of carbonyl (C=O) groups is 1. The second-order valence-electron chi connectivity index (χ2n) is 8.04. The first-order chi connectivity index (χ1) is 15.0. The second kappa shape index (κ2) is 9.77. The summed E-state index contributed by atoms with van der Waals surface area (Å²) < 4.78 is 27.1. The summed E-state index contributed by atoms with van der Waals surface area (Å²) in [5.41, 5.74) is 1.82. The molecule has 164 valence electrons. The van der Waals surface area contributed by atoms with Gasteiger partial charge in [-0.15, -0.1) is 0 Å². The molecule has 0 N–H and O–H groups in total. The number of piperazine rings is 1. The van der Waals surface area contributed by atoms with Gasteiger partial charge in [0, 0.05) is 44.7 Å². The SMILES string of the molecule is O=C(C(c1ccccc1)N1CCN(S(=O)(=O)/C=C/c2ccccc2)CC1)N1CCCC1. The van der Waals surface area contributed by atoms with Crippen LogP contribution in [0.15, 0.2) is 66.1 Å². The average Bonchev–Trinajstić information content (AvgIpc) is 3.35. The van der Waals surface area contributed by atoms with Gasteiger partial charge in [0.05, 0.1) is 0 Å². The van der Waals surface area contributed by atoms with E-state index in [0.717, 1.165) is 37.1 Å². The van der Waals surface area contributed by atoms with E-state index < -0.39 is 10.0 Å². The molecule has 2 aromatic rings. The van der Waals surface area contributed by atoms with Crippen LogP contribution in [0.3, 0.4) is 0 Å². The van der Waals surface area contributed by atoms with Crippen LogP contribution in [0, 0.1) is 0 Å². The molecule has 0 aliphatic carbocycles. The van der Waals surface area contributed by atoms with Crippen LogP contribution in [0.1, 0.15) is 30.0 Å². The number of amides is 1. The molecule has 2 aromatic carbocycles. The van der Waals surface area contributed by atoms with Crippen molar-refractivity contribution in [2.24, 2.45) is 0 Å². The summed E-state index contributed by atoms with van der Waals surface area (Å²) in [6.45, 7) is 3.41. The smallest absolute Gasteiger partial charge is 0.244 e. The zero-order valence-electron chi connectivity index (χ0n) is 17.6. The van der Waals surface area contributed by atoms with Gasteiger partial charge < -0.3 is 4.90 Å². The Kier molecular flexibility index (Phi) is 6.85. The van der Waals surface area contributed by atoms with E-state index in [1.807, 2.05) is 65.6 Å². The molecule has 31 heavy (non-hydrogen) atoms. The van der Waals surface area contributed by atoms with Crippen LogP contribution < -0.4 is 0 Å². The average molecular weight is 440 g/mol. The van der Waals surface area contributed by atoms with Gasteiger partial charge in [-0.2, -0.15) is 4.31 Å². The zero-order chi connectivity index (χ0) is 21.7. The Morgan fingerprint density at radius 1 is 0.806 bits per heavy atom. The van der Waals surface area contributed by atoms with E-state index in [9.17, 15) is 13.2 Å². The predicted molar refractivity (Wildman–Crippen MR) is 123 cm³/mol. The number of sulfonamides is 1. The molecule has 2 saturated heterocycles. The number of carbonyl (C=O) groups excluding carboxylic acids is 1. The minimum absolute atomic E-state index is 0.129. The number of likely N-dealkylation sites (tertiary alicyclic amines) is 1. The highest BCUT2D eigenvalue weighted by Gasteiger charge is 2.35. The minimum Gasteiger partial charge on any atom is -0.341 e. The Bertz CT molecular complexity index is 995. The number of hydrogen-bond donors (Lipinski definition) is 0. The van der Waals surface area contributed by atoms with Gasteiger partial charge >= 0.3 is 0 Å². The van der Waals surface area contributed by atoms with Gasteiger partial charge in [-0.25, -0.2) is 8.42 Å². The maximum atomic E-state index is 13.3. The third kappa shape index (κ3) is 5.23. The fraction of sp³-hybridized carbons (Fsp3) is 0.375. The van der Waals surface area contributed by atoms with Gasteiger partial charge in [0.15, 0.2) is 0 Å². The normalized spacial score (nSPS) is 19.7. The molecule has 7 heteroatoms. The first kappa shape index (κ1) is 21.7. The lowest BCUT2D eigenvalue weighted by atomic mass is 10.0. The first-order valence-electron chi connectivity index (χ1n) is 10.9. The van der Waals surface area contributed by atoms with Gasteiger partial charge in [-0.1, -0.05) is 60.7 Å². The van der Waals surface area contributed by atoms with Crippen molar-refractivity contribution in [3.63, 3.8) is 0 Å². The maximum Gasteiger partial charge on any atom is 0.244 e. The van der Waals surface area contributed by atoms with Crippen molar-refractivity contribution in [2.75, 3.05) is 39.3 Å². The van der Waals surface area contributed by atoms with E-state index in [0.29, 0.717) is 26.2 Å². The summed E-state index contributed by atoms with van der Waals surface area (Å²) >= 11 is 0. The summed E-state index contributed by atoms with van der Waals surface area (Å²) in [6.07, 6.45) is 3.73. The highest BCUT2D eigenvalue weighted by molar-refractivity contribution is 7.92. The van der Waals surface area contributed by atoms with Crippen LogP contribution in [0.2, 0.25) is 0 Å². The lowest BCUT2D eigenvalue weighted by Crippen LogP contribution is -2.52. The lowest BCUT2D eigenvalue weighted by Gasteiger charge is -2.39. The van der Waals surface area contributed by atoms with Crippen LogP contribution in [0.4, 0.5) is 0 Å². The highest BCUT2D eigenvalue weighted by atomic mass is 32.2. The third-order valence-corrected chi connectivity index (χ3v) is 7.56. The molecule has 0 aromatic heterocycles. The number of rotatable bonds is 6. The van der Waals surface area contributed by atoms with Crippen LogP contribution in [-0.4, -0.2) is 67.7 Å². The number of benzene rings is 2. The standard InChI is InChI=1S/C24H29N3O3S/c28-24(26-14-7-8-15-26)23(22-11-5-2-6-12-22)25-16-18-27(19-17-25)31(29,30)20-13-21-9-3-1-4-10-21/h1-6,9-13,20,23H,7-8,14-19H2/b20-13+. The summed E-state index contributed by atoms with van der Waals surface area (Å²) in [4.78, 5) is 17.4. The third-order valence-electron chi connectivity index (χ3n) is 6.00. The topological polar surface area (TPSA) is 60.9 Å². The van der Waals surface area contributed by atoms with E-state index in [1.54, 1.807) is 6.08 Å². The van der Waals surface area contributed by atoms with E-state index >= 15 is 0 Å². The zero-order valence-corrected chi connectivity index (χ0v) is 18.5. The maximum absolute atomic E-state index is 13.3. The molecule has 1 unspecified atom stereocenters. The Hall–Kier alpha value is -2.48. The molecule has 4 rings (SSSR count). The largest absolute Gasteiger partial charge is 0.341 e. The molecule has 1 atom stereocenters. The van der Waals surface area contributed by atoms with Crippen molar-refractivity contribution in [2.45, 2.75) is 18.9 Å². The van der Waals surface area contributed by atoms with Gasteiger partial charge in [-0.3, -0.25) is 9.69 Å². The lowest BCUT2D eigenvalue weighted by molar-refractivity contribution is -0.136. The molecule has 2 aliphatic heterocycles. The molecule has 0 radical (unpaired) electrons. The van der Waals surface area contributed by atoms with Gasteiger partial charge in [0.25, 0.3) is 0 Å². The second-order valence-corrected chi connectivity index (χ2v) is 9.86. The summed E-state index contributed by atoms with van der Waals surface area (Å²) in [7, 11) is -3.50. The molecule has 2 heterocycles. The molecule has 0 spiro atoms. The van der Waals surface area contributed by atoms with Crippen molar-refractivity contribution in [1.82, 2.24) is 14.1 Å². The molecular formula is C24H29N3O3S. The molecule has 0 bridgehead atoms. The predicted octanol–water partition coefficient (Wildman–Crippen LogP) is 2.97. The van der Waals surface area contributed by atoms with Gasteiger partial charge in [-0.05, 0) is 30.0 Å². The Labute approximate surface area is 184 Å². The first-order valence-corrected chi connectivity index (χ1v) is 12.4. The minimum atomic E-state index is -3.50. The van der Waals surface area contributed by atoms with Crippen molar-refractivity contribution in [3.05, 3.63) is 77.2 Å². The fourth-order valence-electron chi connectivity index (χ4n) is 4.29. The van der Waals surface area contributed by atoms with Crippen molar-refractivity contribution in [3.8, 4) is 0 Å². The molecule has 6 nitrogen and oxygen atoms in total. The molecule has 0 saturated carbocycles. The summed E-state index contributed by atoms with van der Waals surface area (Å²) in [6, 6.07) is 18.9. The molecule has 2 fully saturated rings. The van der Waals surface area contributed by atoms with E-state index in [2.05, 4.69) is 4.90 Å². The van der Waals surface area contributed by atoms with E-state index in [4.69, 9.17) is 0 Å². The van der Waals surface area contributed by atoms with Crippen LogP contribution >= 0.6 is 0 Å². The Morgan fingerprint density at radius 3 is 2.00 bits per heavy atom. The highest BCUT2D eigenvalue weighted by Crippen LogP contribution is 2.27. The van der Waals surface area contributed by atoms with E-state index in [1.165, 1.54) is 9.71 Å². The van der Waals surface area contributed by atoms with Crippen LogP contribution in [0.25, 0.3) is 6.08 Å². The Balaban J connectivity index is 1.46. The van der Waals surface area contributed by atoms with Crippen LogP contribution in [-0.2, 0) is 14.8 Å². The van der Waals surface area contributed by atoms with Crippen molar-refractivity contribution in [1.29, 1.82) is 0 Å². The van der Waals surface area contributed by atoms with Crippen molar-refractivity contribution >= 4 is 22.0 Å². The van der Waals surface area contributed by atoms with Crippen LogP contribution in [0.5, 0.6) is 0 Å². The Morgan fingerprint density at radius 2 is 1.39 bits per heavy atom. The fourth-order valence-corrected chi connectivity index (χ4v) is 5.46. The quantitative estimate of drug-likeness (QED) is 0.694. The van der Waals surface area contributed by atoms with Gasteiger partial charge in [0.2, 0.25) is 15.9 Å². The number of nitrogens with zero attached hydrogens (tertiary/aromatic N) is 3. The molecule has 1 amide bonds. The monoisotopic (exact) mass is 439 g/mol. The molecule has 2 aliphatic rings. The number of hydrogen-bond acceptors (Lipinski definition) is 4. The van der Waals surface area contributed by atoms with Gasteiger partial charge in [0.1, 0.15) is 6.04 Å². The summed E-state index contributed by atoms with van der Waals surface area (Å²) in [5, 5.41) is 1.28. The summed E-state index contributed by atoms with van der Waals surface area (Å²) in [5.74, 6) is 0.129.